The van der Waals surface area contributed by atoms with Crippen molar-refractivity contribution in [1.29, 1.82) is 0 Å². The number of benzene rings is 1. The number of nitro groups is 1. The molecule has 0 bridgehead atoms. The standard InChI is InChI=1S/C12H14N4O4S/c1-3-9-7-11(14-13-9)15-21(19,20)12-8(2)5-4-6-10(12)16(17)18/h4-7H,3H2,1-2H3,(H2,13,14,15). The maximum absolute atomic E-state index is 12.4. The molecule has 1 heterocycles. The number of nitrogens with zero attached hydrogens (tertiary/aromatic N) is 2. The van der Waals surface area contributed by atoms with Crippen LogP contribution in [0.4, 0.5) is 11.5 Å². The van der Waals surface area contributed by atoms with Crippen LogP contribution in [0.2, 0.25) is 0 Å². The average molecular weight is 310 g/mol. The summed E-state index contributed by atoms with van der Waals surface area (Å²) in [4.78, 5) is 9.95. The molecule has 0 aliphatic carbocycles. The third-order valence-corrected chi connectivity index (χ3v) is 4.45. The molecule has 21 heavy (non-hydrogen) atoms. The minimum atomic E-state index is -4.09. The topological polar surface area (TPSA) is 118 Å². The number of nitro benzene ring substituents is 1. The van der Waals surface area contributed by atoms with Crippen molar-refractivity contribution in [1.82, 2.24) is 10.2 Å². The number of rotatable bonds is 5. The van der Waals surface area contributed by atoms with Crippen molar-refractivity contribution < 1.29 is 13.3 Å². The lowest BCUT2D eigenvalue weighted by Gasteiger charge is -2.08. The number of hydrogen-bond acceptors (Lipinski definition) is 5. The summed E-state index contributed by atoms with van der Waals surface area (Å²) < 4.78 is 27.0. The first kappa shape index (κ1) is 15.0. The van der Waals surface area contributed by atoms with Gasteiger partial charge in [0.2, 0.25) is 0 Å². The van der Waals surface area contributed by atoms with E-state index >= 15 is 0 Å². The summed E-state index contributed by atoms with van der Waals surface area (Å²) in [6, 6.07) is 5.64. The van der Waals surface area contributed by atoms with Gasteiger partial charge in [-0.05, 0) is 18.9 Å². The Labute approximate surface area is 121 Å². The highest BCUT2D eigenvalue weighted by Gasteiger charge is 2.28. The zero-order chi connectivity index (χ0) is 15.6. The van der Waals surface area contributed by atoms with Crippen LogP contribution < -0.4 is 4.72 Å². The second-order valence-corrected chi connectivity index (χ2v) is 6.04. The molecule has 0 saturated carbocycles. The van der Waals surface area contributed by atoms with Crippen LogP contribution in [0.5, 0.6) is 0 Å². The van der Waals surface area contributed by atoms with Crippen LogP contribution >= 0.6 is 0 Å². The summed E-state index contributed by atoms with van der Waals surface area (Å²) >= 11 is 0. The lowest BCUT2D eigenvalue weighted by molar-refractivity contribution is -0.387. The largest absolute Gasteiger partial charge is 0.290 e. The van der Waals surface area contributed by atoms with Gasteiger partial charge in [0.25, 0.3) is 15.7 Å². The first-order chi connectivity index (χ1) is 9.85. The maximum Gasteiger partial charge on any atom is 0.290 e. The fourth-order valence-electron chi connectivity index (χ4n) is 1.91. The zero-order valence-electron chi connectivity index (χ0n) is 11.5. The van der Waals surface area contributed by atoms with E-state index in [4.69, 9.17) is 0 Å². The van der Waals surface area contributed by atoms with Crippen molar-refractivity contribution in [2.45, 2.75) is 25.2 Å². The summed E-state index contributed by atoms with van der Waals surface area (Å²) in [6.07, 6.45) is 0.666. The normalized spacial score (nSPS) is 11.3. The monoisotopic (exact) mass is 310 g/mol. The molecule has 0 aliphatic heterocycles. The van der Waals surface area contributed by atoms with Crippen molar-refractivity contribution in [3.8, 4) is 0 Å². The predicted octanol–water partition coefficient (Wildman–Crippen LogP) is 1.99. The Kier molecular flexibility index (Phi) is 3.94. The molecule has 0 saturated heterocycles. The average Bonchev–Trinajstić information content (AvgIpc) is 2.84. The highest BCUT2D eigenvalue weighted by Crippen LogP contribution is 2.28. The second-order valence-electron chi connectivity index (χ2n) is 4.42. The summed E-state index contributed by atoms with van der Waals surface area (Å²) in [7, 11) is -4.09. The molecule has 2 aromatic rings. The third-order valence-electron chi connectivity index (χ3n) is 2.91. The molecular formula is C12H14N4O4S. The van der Waals surface area contributed by atoms with Gasteiger partial charge in [-0.25, -0.2) is 8.42 Å². The molecule has 1 aromatic carbocycles. The number of aromatic amines is 1. The molecule has 2 N–H and O–H groups in total. The van der Waals surface area contributed by atoms with Crippen LogP contribution in [0.3, 0.4) is 0 Å². The lowest BCUT2D eigenvalue weighted by atomic mass is 10.2. The van der Waals surface area contributed by atoms with Gasteiger partial charge in [-0.3, -0.25) is 19.9 Å². The Bertz CT molecular complexity index is 782. The number of anilines is 1. The van der Waals surface area contributed by atoms with E-state index < -0.39 is 20.6 Å². The van der Waals surface area contributed by atoms with Crippen LogP contribution in [0.1, 0.15) is 18.2 Å². The van der Waals surface area contributed by atoms with Gasteiger partial charge < -0.3 is 0 Å². The summed E-state index contributed by atoms with van der Waals surface area (Å²) in [6.45, 7) is 3.39. The molecule has 0 atom stereocenters. The van der Waals surface area contributed by atoms with E-state index in [0.717, 1.165) is 11.8 Å². The maximum atomic E-state index is 12.4. The zero-order valence-corrected chi connectivity index (χ0v) is 12.3. The van der Waals surface area contributed by atoms with E-state index in [1.807, 2.05) is 6.92 Å². The van der Waals surface area contributed by atoms with Crippen LogP contribution in [0, 0.1) is 17.0 Å². The van der Waals surface area contributed by atoms with Gasteiger partial charge in [0, 0.05) is 17.8 Å². The van der Waals surface area contributed by atoms with Crippen LogP contribution in [0.15, 0.2) is 29.2 Å². The first-order valence-electron chi connectivity index (χ1n) is 6.16. The highest BCUT2D eigenvalue weighted by atomic mass is 32.2. The number of hydrogen-bond donors (Lipinski definition) is 2. The number of aromatic nitrogens is 2. The van der Waals surface area contributed by atoms with Gasteiger partial charge in [0.05, 0.1) is 4.92 Å². The fraction of sp³-hybridized carbons (Fsp3) is 0.250. The minimum absolute atomic E-state index is 0.101. The smallest absolute Gasteiger partial charge is 0.280 e. The van der Waals surface area contributed by atoms with Crippen LogP contribution in [0.25, 0.3) is 0 Å². The fourth-order valence-corrected chi connectivity index (χ4v) is 3.31. The SMILES string of the molecule is CCc1cc(NS(=O)(=O)c2c(C)cccc2[N+](=O)[O-])n[nH]1. The van der Waals surface area contributed by atoms with Gasteiger partial charge in [-0.2, -0.15) is 5.10 Å². The Morgan fingerprint density at radius 3 is 2.71 bits per heavy atom. The summed E-state index contributed by atoms with van der Waals surface area (Å²) in [5.41, 5.74) is 0.587. The molecule has 112 valence electrons. The third kappa shape index (κ3) is 3.02. The van der Waals surface area contributed by atoms with Crippen LogP contribution in [-0.2, 0) is 16.4 Å². The number of H-pyrrole nitrogens is 1. The molecular weight excluding hydrogens is 296 g/mol. The predicted molar refractivity (Wildman–Crippen MR) is 76.6 cm³/mol. The lowest BCUT2D eigenvalue weighted by Crippen LogP contribution is -2.16. The quantitative estimate of drug-likeness (QED) is 0.646. The first-order valence-corrected chi connectivity index (χ1v) is 7.64. The number of aryl methyl sites for hydroxylation is 2. The molecule has 1 aromatic heterocycles. The second kappa shape index (κ2) is 5.52. The molecule has 0 aliphatic rings. The van der Waals surface area contributed by atoms with E-state index in [1.54, 1.807) is 6.07 Å². The summed E-state index contributed by atoms with van der Waals surface area (Å²) in [5.74, 6) is 0.101. The van der Waals surface area contributed by atoms with Crippen molar-refractivity contribution in [3.63, 3.8) is 0 Å². The molecule has 0 fully saturated rings. The molecule has 8 nitrogen and oxygen atoms in total. The molecule has 9 heteroatoms. The van der Waals surface area contributed by atoms with E-state index in [1.165, 1.54) is 19.1 Å². The van der Waals surface area contributed by atoms with Gasteiger partial charge in [0.15, 0.2) is 10.7 Å². The van der Waals surface area contributed by atoms with Gasteiger partial charge in [-0.15, -0.1) is 0 Å². The van der Waals surface area contributed by atoms with Crippen LogP contribution in [-0.4, -0.2) is 23.5 Å². The number of sulfonamides is 1. The molecule has 0 spiro atoms. The van der Waals surface area contributed by atoms with Crippen molar-refractivity contribution in [3.05, 3.63) is 45.6 Å². The Morgan fingerprint density at radius 1 is 1.43 bits per heavy atom. The van der Waals surface area contributed by atoms with E-state index in [-0.39, 0.29) is 10.7 Å². The van der Waals surface area contributed by atoms with Crippen molar-refractivity contribution >= 4 is 21.5 Å². The molecule has 2 rings (SSSR count). The highest BCUT2D eigenvalue weighted by molar-refractivity contribution is 7.93. The molecule has 0 radical (unpaired) electrons. The molecule has 0 amide bonds. The van der Waals surface area contributed by atoms with Crippen molar-refractivity contribution in [2.24, 2.45) is 0 Å². The van der Waals surface area contributed by atoms with Crippen molar-refractivity contribution in [2.75, 3.05) is 4.72 Å². The Hall–Kier alpha value is -2.42. The van der Waals surface area contributed by atoms with E-state index in [9.17, 15) is 18.5 Å². The number of nitrogens with one attached hydrogen (secondary N) is 2. The summed E-state index contributed by atoms with van der Waals surface area (Å²) in [5, 5.41) is 17.5. The Morgan fingerprint density at radius 2 is 2.14 bits per heavy atom. The van der Waals surface area contributed by atoms with Gasteiger partial charge >= 0.3 is 0 Å². The van der Waals surface area contributed by atoms with Gasteiger partial charge in [0.1, 0.15) is 0 Å². The Balaban J connectivity index is 2.47. The van der Waals surface area contributed by atoms with E-state index in [2.05, 4.69) is 14.9 Å². The van der Waals surface area contributed by atoms with Gasteiger partial charge in [-0.1, -0.05) is 19.1 Å². The minimum Gasteiger partial charge on any atom is -0.280 e. The molecule has 0 unspecified atom stereocenters. The van der Waals surface area contributed by atoms with E-state index in [0.29, 0.717) is 12.0 Å².